The molecule has 10 heteroatoms. The number of alkyl halides is 3. The van der Waals surface area contributed by atoms with Crippen LogP contribution >= 0.6 is 11.6 Å². The van der Waals surface area contributed by atoms with Crippen LogP contribution in [0.1, 0.15) is 35.1 Å². The summed E-state index contributed by atoms with van der Waals surface area (Å²) >= 11 is 6.11. The molecule has 32 heavy (non-hydrogen) atoms. The molecule has 0 spiro atoms. The summed E-state index contributed by atoms with van der Waals surface area (Å²) in [4.78, 5) is 19.5. The topological polar surface area (TPSA) is 56.1 Å². The Morgan fingerprint density at radius 1 is 1.22 bits per heavy atom. The molecule has 1 atom stereocenters. The number of pyridine rings is 1. The number of carbonyl (C=O) groups excluding carboxylic acids is 1. The molecule has 3 heterocycles. The van der Waals surface area contributed by atoms with Crippen molar-refractivity contribution in [1.82, 2.24) is 14.3 Å². The minimum absolute atomic E-state index is 0.128. The molecule has 1 unspecified atom stereocenters. The molecule has 4 rings (SSSR count). The number of aryl methyl sites for hydroxylation is 1. The number of likely N-dealkylation sites (tertiary alicyclic amines) is 1. The summed E-state index contributed by atoms with van der Waals surface area (Å²) in [7, 11) is 0. The quantitative estimate of drug-likeness (QED) is 0.518. The number of fused-ring (bicyclic) bond motifs is 1. The van der Waals surface area contributed by atoms with Gasteiger partial charge in [-0.2, -0.15) is 0 Å². The van der Waals surface area contributed by atoms with E-state index in [1.807, 2.05) is 6.92 Å². The number of hydrogen-bond donors (Lipinski definition) is 0. The molecule has 1 amide bonds. The van der Waals surface area contributed by atoms with Crippen molar-refractivity contribution in [3.63, 3.8) is 0 Å². The number of amides is 1. The van der Waals surface area contributed by atoms with Crippen LogP contribution in [0.4, 0.5) is 13.2 Å². The van der Waals surface area contributed by atoms with Gasteiger partial charge >= 0.3 is 6.36 Å². The third-order valence-corrected chi connectivity index (χ3v) is 5.49. The van der Waals surface area contributed by atoms with Gasteiger partial charge in [0.25, 0.3) is 5.91 Å². The lowest BCUT2D eigenvalue weighted by Crippen LogP contribution is -2.31. The van der Waals surface area contributed by atoms with Crippen LogP contribution in [0.5, 0.6) is 5.75 Å². The largest absolute Gasteiger partial charge is 0.573 e. The first-order valence-electron chi connectivity index (χ1n) is 10.2. The zero-order chi connectivity index (χ0) is 22.9. The lowest BCUT2D eigenvalue weighted by atomic mass is 10.2. The number of halogens is 4. The van der Waals surface area contributed by atoms with Gasteiger partial charge in [-0.25, -0.2) is 4.98 Å². The molecule has 0 N–H and O–H groups in total. The lowest BCUT2D eigenvalue weighted by molar-refractivity contribution is -0.274. The van der Waals surface area contributed by atoms with Crippen LogP contribution in [0.2, 0.25) is 5.02 Å². The fraction of sp³-hybridized carbons (Fsp3) is 0.364. The summed E-state index contributed by atoms with van der Waals surface area (Å²) in [5.41, 5.74) is 2.60. The normalized spacial score (nSPS) is 16.7. The van der Waals surface area contributed by atoms with E-state index in [1.165, 1.54) is 24.3 Å². The Bertz CT molecular complexity index is 1120. The van der Waals surface area contributed by atoms with Crippen molar-refractivity contribution >= 4 is 23.2 Å². The van der Waals surface area contributed by atoms with Crippen LogP contribution < -0.4 is 4.74 Å². The number of ether oxygens (including phenoxy) is 2. The van der Waals surface area contributed by atoms with Gasteiger partial charge in [0.15, 0.2) is 0 Å². The lowest BCUT2D eigenvalue weighted by Gasteiger charge is -2.17. The summed E-state index contributed by atoms with van der Waals surface area (Å²) < 4.78 is 48.3. The number of carbonyl (C=O) groups is 1. The molecule has 0 saturated carbocycles. The number of imidazole rings is 1. The SMILES string of the molecule is CCc1nc2ccc(Cl)cn2c1C(=O)N1CCC(OCc2ccc(OC(F)(F)F)cc2)C1. The van der Waals surface area contributed by atoms with Crippen molar-refractivity contribution in [2.24, 2.45) is 0 Å². The second kappa shape index (κ2) is 8.99. The Hall–Kier alpha value is -2.78. The molecule has 170 valence electrons. The Balaban J connectivity index is 1.38. The maximum atomic E-state index is 13.2. The average Bonchev–Trinajstić information content (AvgIpc) is 3.36. The third-order valence-electron chi connectivity index (χ3n) is 5.27. The van der Waals surface area contributed by atoms with Crippen molar-refractivity contribution in [3.05, 3.63) is 64.6 Å². The second-order valence-electron chi connectivity index (χ2n) is 7.50. The zero-order valence-electron chi connectivity index (χ0n) is 17.2. The minimum Gasteiger partial charge on any atom is -0.406 e. The van der Waals surface area contributed by atoms with Crippen LogP contribution in [-0.2, 0) is 17.8 Å². The first-order chi connectivity index (χ1) is 15.2. The van der Waals surface area contributed by atoms with Gasteiger partial charge in [0.05, 0.1) is 23.4 Å². The highest BCUT2D eigenvalue weighted by molar-refractivity contribution is 6.30. The van der Waals surface area contributed by atoms with E-state index >= 15 is 0 Å². The van der Waals surface area contributed by atoms with Crippen LogP contribution in [0.25, 0.3) is 5.65 Å². The number of nitrogens with zero attached hydrogens (tertiary/aromatic N) is 3. The Kier molecular flexibility index (Phi) is 6.30. The maximum Gasteiger partial charge on any atom is 0.573 e. The molecule has 2 aromatic heterocycles. The predicted molar refractivity (Wildman–Crippen MR) is 112 cm³/mol. The van der Waals surface area contributed by atoms with Gasteiger partial charge in [-0.3, -0.25) is 9.20 Å². The van der Waals surface area contributed by atoms with E-state index < -0.39 is 6.36 Å². The average molecular weight is 468 g/mol. The number of rotatable bonds is 6. The Labute approximate surface area is 187 Å². The molecule has 0 radical (unpaired) electrons. The van der Waals surface area contributed by atoms with E-state index in [0.717, 1.165) is 0 Å². The molecule has 1 fully saturated rings. The van der Waals surface area contributed by atoms with Gasteiger partial charge in [0.2, 0.25) is 0 Å². The van der Waals surface area contributed by atoms with Crippen LogP contribution in [0.3, 0.4) is 0 Å². The van der Waals surface area contributed by atoms with E-state index in [9.17, 15) is 18.0 Å². The van der Waals surface area contributed by atoms with Gasteiger partial charge in [-0.1, -0.05) is 30.7 Å². The van der Waals surface area contributed by atoms with Crippen LogP contribution in [0, 0.1) is 0 Å². The van der Waals surface area contributed by atoms with Crippen molar-refractivity contribution < 1.29 is 27.4 Å². The first-order valence-corrected chi connectivity index (χ1v) is 10.5. The van der Waals surface area contributed by atoms with Crippen molar-refractivity contribution in [2.75, 3.05) is 13.1 Å². The number of hydrogen-bond acceptors (Lipinski definition) is 4. The Morgan fingerprint density at radius 3 is 2.66 bits per heavy atom. The molecule has 6 nitrogen and oxygen atoms in total. The highest BCUT2D eigenvalue weighted by Crippen LogP contribution is 2.25. The summed E-state index contributed by atoms with van der Waals surface area (Å²) in [5.74, 6) is -0.407. The van der Waals surface area contributed by atoms with Crippen molar-refractivity contribution in [1.29, 1.82) is 0 Å². The summed E-state index contributed by atoms with van der Waals surface area (Å²) in [6, 6.07) is 9.05. The molecule has 0 bridgehead atoms. The standard InChI is InChI=1S/C22H21ClF3N3O3/c1-2-18-20(29-11-15(23)5-8-19(29)27-18)21(30)28-10-9-17(12-28)31-13-14-3-6-16(7-4-14)32-22(24,25)26/h3-8,11,17H,2,9-10,12-13H2,1H3. The summed E-state index contributed by atoms with van der Waals surface area (Å²) in [6.07, 6.45) is -1.92. The van der Waals surface area contributed by atoms with Gasteiger partial charge in [-0.15, -0.1) is 13.2 Å². The van der Waals surface area contributed by atoms with E-state index in [0.29, 0.717) is 53.6 Å². The van der Waals surface area contributed by atoms with E-state index in [2.05, 4.69) is 9.72 Å². The van der Waals surface area contributed by atoms with Gasteiger partial charge in [-0.05, 0) is 42.7 Å². The van der Waals surface area contributed by atoms with E-state index in [1.54, 1.807) is 27.6 Å². The molecular formula is C22H21ClF3N3O3. The second-order valence-corrected chi connectivity index (χ2v) is 7.94. The van der Waals surface area contributed by atoms with E-state index in [4.69, 9.17) is 16.3 Å². The zero-order valence-corrected chi connectivity index (χ0v) is 18.0. The third kappa shape index (κ3) is 4.99. The fourth-order valence-corrected chi connectivity index (χ4v) is 3.90. The van der Waals surface area contributed by atoms with Gasteiger partial charge < -0.3 is 14.4 Å². The van der Waals surface area contributed by atoms with Crippen LogP contribution in [0.15, 0.2) is 42.6 Å². The van der Waals surface area contributed by atoms with Crippen LogP contribution in [-0.4, -0.2) is 45.7 Å². The number of aromatic nitrogens is 2. The maximum absolute atomic E-state index is 13.2. The van der Waals surface area contributed by atoms with Gasteiger partial charge in [0.1, 0.15) is 17.1 Å². The number of benzene rings is 1. The summed E-state index contributed by atoms with van der Waals surface area (Å²) in [5, 5.41) is 0.515. The predicted octanol–water partition coefficient (Wildman–Crippen LogP) is 4.88. The first kappa shape index (κ1) is 22.4. The summed E-state index contributed by atoms with van der Waals surface area (Å²) in [6.45, 7) is 3.13. The molecule has 0 aliphatic carbocycles. The van der Waals surface area contributed by atoms with Gasteiger partial charge in [0, 0.05) is 19.3 Å². The van der Waals surface area contributed by atoms with Crippen molar-refractivity contribution in [3.8, 4) is 5.75 Å². The molecule has 1 aromatic carbocycles. The minimum atomic E-state index is -4.72. The molecule has 3 aromatic rings. The molecule has 1 saturated heterocycles. The molecular weight excluding hydrogens is 447 g/mol. The Morgan fingerprint density at radius 2 is 1.97 bits per heavy atom. The van der Waals surface area contributed by atoms with E-state index in [-0.39, 0.29) is 24.4 Å². The van der Waals surface area contributed by atoms with Crippen molar-refractivity contribution in [2.45, 2.75) is 38.8 Å². The molecule has 1 aliphatic rings. The smallest absolute Gasteiger partial charge is 0.406 e. The fourth-order valence-electron chi connectivity index (χ4n) is 3.74. The highest BCUT2D eigenvalue weighted by atomic mass is 35.5. The highest BCUT2D eigenvalue weighted by Gasteiger charge is 2.32. The molecule has 1 aliphatic heterocycles. The monoisotopic (exact) mass is 467 g/mol.